The second-order valence-electron chi connectivity index (χ2n) is 8.45. The number of allylic oxidation sites excluding steroid dienone is 2. The van der Waals surface area contributed by atoms with Crippen LogP contribution in [0.1, 0.15) is 17.3 Å². The zero-order chi connectivity index (χ0) is 27.1. The van der Waals surface area contributed by atoms with Gasteiger partial charge in [0.2, 0.25) is 11.9 Å². The Morgan fingerprint density at radius 3 is 2.24 bits per heavy atom. The summed E-state index contributed by atoms with van der Waals surface area (Å²) < 4.78 is 15.4. The monoisotopic (exact) mass is 548 g/mol. The number of anilines is 3. The molecule has 2 heterocycles. The molecule has 1 aliphatic heterocycles. The molecule has 11 heteroatoms. The molecule has 0 bridgehead atoms. The van der Waals surface area contributed by atoms with E-state index in [9.17, 15) is 13.8 Å². The Morgan fingerprint density at radius 2 is 1.61 bits per heavy atom. The average Bonchev–Trinajstić information content (AvgIpc) is 2.94. The highest BCUT2D eigenvalue weighted by atomic mass is 32.2. The molecule has 196 valence electrons. The maximum atomic E-state index is 12.8. The van der Waals surface area contributed by atoms with Crippen molar-refractivity contribution in [2.75, 3.05) is 36.2 Å². The molecular weight excluding hydrogens is 520 g/mol. The first-order valence-electron chi connectivity index (χ1n) is 11.9. The van der Waals surface area contributed by atoms with Crippen LogP contribution < -0.4 is 10.0 Å². The Hall–Kier alpha value is -3.96. The number of rotatable bonds is 8. The molecule has 1 saturated heterocycles. The van der Waals surface area contributed by atoms with Crippen molar-refractivity contribution < 1.29 is 13.8 Å². The van der Waals surface area contributed by atoms with Crippen LogP contribution in [0.25, 0.3) is 11.3 Å². The Kier molecular flexibility index (Phi) is 8.93. The van der Waals surface area contributed by atoms with Crippen LogP contribution in [0.2, 0.25) is 0 Å². The van der Waals surface area contributed by atoms with Gasteiger partial charge in [-0.15, -0.1) is 12.6 Å². The number of hydrogen-bond donors (Lipinski definition) is 3. The van der Waals surface area contributed by atoms with E-state index < -0.39 is 11.0 Å². The summed E-state index contributed by atoms with van der Waals surface area (Å²) in [5.41, 5.74) is 3.59. The number of hydrogen-bond acceptors (Lipinski definition) is 7. The van der Waals surface area contributed by atoms with Gasteiger partial charge in [0, 0.05) is 61.8 Å². The Balaban J connectivity index is 1.38. The largest absolute Gasteiger partial charge is 0.339 e. The summed E-state index contributed by atoms with van der Waals surface area (Å²) in [6, 6.07) is 16.3. The molecule has 9 nitrogen and oxygen atoms in total. The van der Waals surface area contributed by atoms with Gasteiger partial charge in [-0.05, 0) is 48.5 Å². The zero-order valence-corrected chi connectivity index (χ0v) is 22.5. The fourth-order valence-corrected chi connectivity index (χ4v) is 4.76. The normalized spacial score (nSPS) is 14.5. The maximum Gasteiger partial charge on any atom is 0.253 e. The highest BCUT2D eigenvalue weighted by Crippen LogP contribution is 2.23. The van der Waals surface area contributed by atoms with E-state index >= 15 is 0 Å². The van der Waals surface area contributed by atoms with Gasteiger partial charge in [-0.2, -0.15) is 0 Å². The van der Waals surface area contributed by atoms with Gasteiger partial charge in [-0.3, -0.25) is 9.59 Å². The summed E-state index contributed by atoms with van der Waals surface area (Å²) in [6.07, 6.45) is 4.76. The van der Waals surface area contributed by atoms with E-state index in [1.54, 1.807) is 47.2 Å². The highest BCUT2D eigenvalue weighted by Gasteiger charge is 2.23. The fourth-order valence-electron chi connectivity index (χ4n) is 3.84. The molecule has 4 rings (SSSR count). The van der Waals surface area contributed by atoms with Crippen molar-refractivity contribution in [1.82, 2.24) is 19.8 Å². The van der Waals surface area contributed by atoms with E-state index in [1.807, 2.05) is 36.4 Å². The molecule has 1 fully saturated rings. The van der Waals surface area contributed by atoms with Crippen LogP contribution in [0, 0.1) is 0 Å². The lowest BCUT2D eigenvalue weighted by molar-refractivity contribution is -0.130. The van der Waals surface area contributed by atoms with Crippen molar-refractivity contribution in [2.24, 2.45) is 0 Å². The first-order chi connectivity index (χ1) is 18.3. The van der Waals surface area contributed by atoms with E-state index in [-0.39, 0.29) is 11.8 Å². The molecule has 1 aliphatic rings. The number of nitrogens with zero attached hydrogens (tertiary/aromatic N) is 4. The third-order valence-electron chi connectivity index (χ3n) is 5.90. The van der Waals surface area contributed by atoms with Crippen LogP contribution in [-0.4, -0.2) is 62.0 Å². The quantitative estimate of drug-likeness (QED) is 0.287. The van der Waals surface area contributed by atoms with E-state index in [4.69, 9.17) is 0 Å². The minimum Gasteiger partial charge on any atom is -0.339 e. The van der Waals surface area contributed by atoms with Crippen molar-refractivity contribution in [3.05, 3.63) is 89.3 Å². The topological polar surface area (TPSA) is 108 Å². The average molecular weight is 549 g/mol. The van der Waals surface area contributed by atoms with E-state index in [1.165, 1.54) is 6.08 Å². The first kappa shape index (κ1) is 27.1. The summed E-state index contributed by atoms with van der Waals surface area (Å²) in [5.74, 6) is 0.395. The fraction of sp³-hybridized carbons (Fsp3) is 0.185. The molecule has 1 atom stereocenters. The van der Waals surface area contributed by atoms with E-state index in [0.29, 0.717) is 53.3 Å². The van der Waals surface area contributed by atoms with Crippen molar-refractivity contribution >= 4 is 52.8 Å². The third-order valence-corrected chi connectivity index (χ3v) is 7.48. The predicted molar refractivity (Wildman–Crippen MR) is 154 cm³/mol. The van der Waals surface area contributed by atoms with Crippen LogP contribution in [-0.2, 0) is 15.8 Å². The highest BCUT2D eigenvalue weighted by molar-refractivity contribution is 8.07. The summed E-state index contributed by atoms with van der Waals surface area (Å²) in [6.45, 7) is 7.27. The molecule has 2 amide bonds. The Bertz CT molecular complexity index is 1370. The summed E-state index contributed by atoms with van der Waals surface area (Å²) in [4.78, 5) is 36.8. The van der Waals surface area contributed by atoms with Crippen molar-refractivity contribution in [3.63, 3.8) is 0 Å². The van der Waals surface area contributed by atoms with Gasteiger partial charge in [0.25, 0.3) is 5.91 Å². The second-order valence-corrected chi connectivity index (χ2v) is 10.4. The smallest absolute Gasteiger partial charge is 0.253 e. The lowest BCUT2D eigenvalue weighted by Gasteiger charge is -2.34. The van der Waals surface area contributed by atoms with E-state index in [0.717, 1.165) is 11.3 Å². The number of piperazine rings is 1. The van der Waals surface area contributed by atoms with Crippen molar-refractivity contribution in [3.8, 4) is 11.3 Å². The molecule has 2 N–H and O–H groups in total. The molecule has 3 aromatic rings. The standard InChI is InChI=1S/C27H28N6O3S2/c1-3-4-25(37)38(36)31-23-11-5-20(6-12-23)24-13-14-28-27(30-24)29-22-9-7-21(8-10-22)26(35)33-17-15-32(16-18-33)19(2)34/h3-14,31,37H,1,15-18H2,2H3,(H,28,29,30)/b25-4+. The maximum absolute atomic E-state index is 12.8. The van der Waals surface area contributed by atoms with Gasteiger partial charge < -0.3 is 19.8 Å². The number of thiol groups is 1. The minimum atomic E-state index is -1.47. The molecule has 38 heavy (non-hydrogen) atoms. The molecule has 1 unspecified atom stereocenters. The number of carbonyl (C=O) groups excluding carboxylic acids is 2. The van der Waals surface area contributed by atoms with Crippen LogP contribution in [0.15, 0.2) is 83.8 Å². The molecule has 0 saturated carbocycles. The van der Waals surface area contributed by atoms with Crippen LogP contribution in [0.3, 0.4) is 0 Å². The first-order valence-corrected chi connectivity index (χ1v) is 13.5. The minimum absolute atomic E-state index is 0.0328. The summed E-state index contributed by atoms with van der Waals surface area (Å²) in [5, 5.41) is 3.17. The van der Waals surface area contributed by atoms with Crippen molar-refractivity contribution in [1.29, 1.82) is 0 Å². The Morgan fingerprint density at radius 1 is 0.974 bits per heavy atom. The molecule has 0 spiro atoms. The number of amides is 2. The van der Waals surface area contributed by atoms with Gasteiger partial charge in [0.05, 0.1) is 9.93 Å². The van der Waals surface area contributed by atoms with Crippen LogP contribution in [0.5, 0.6) is 0 Å². The predicted octanol–water partition coefficient (Wildman–Crippen LogP) is 4.22. The second kappa shape index (κ2) is 12.5. The lowest BCUT2D eigenvalue weighted by Crippen LogP contribution is -2.50. The number of carbonyl (C=O) groups is 2. The molecule has 2 aromatic carbocycles. The van der Waals surface area contributed by atoms with Gasteiger partial charge >= 0.3 is 0 Å². The summed E-state index contributed by atoms with van der Waals surface area (Å²) in [7, 11) is -1.47. The van der Waals surface area contributed by atoms with Gasteiger partial charge in [-0.1, -0.05) is 24.8 Å². The third kappa shape index (κ3) is 6.87. The van der Waals surface area contributed by atoms with Gasteiger partial charge in [0.15, 0.2) is 11.0 Å². The number of benzene rings is 2. The lowest BCUT2D eigenvalue weighted by atomic mass is 10.1. The molecule has 0 aliphatic carbocycles. The van der Waals surface area contributed by atoms with Crippen LogP contribution >= 0.6 is 12.6 Å². The molecule has 0 radical (unpaired) electrons. The van der Waals surface area contributed by atoms with Gasteiger partial charge in [-0.25, -0.2) is 14.2 Å². The van der Waals surface area contributed by atoms with Gasteiger partial charge in [0.1, 0.15) is 0 Å². The van der Waals surface area contributed by atoms with Crippen molar-refractivity contribution in [2.45, 2.75) is 6.92 Å². The number of nitrogens with one attached hydrogen (secondary N) is 2. The molecule has 1 aromatic heterocycles. The number of aromatic nitrogens is 2. The Labute approximate surface area is 229 Å². The summed E-state index contributed by atoms with van der Waals surface area (Å²) >= 11 is 4.19. The SMILES string of the molecule is C=C/C=C(\S)S(=O)Nc1ccc(-c2ccnc(Nc3ccc(C(=O)N4CCN(C(C)=O)CC4)cc3)n2)cc1. The zero-order valence-electron chi connectivity index (χ0n) is 20.8. The molecular formula is C27H28N6O3S2. The van der Waals surface area contributed by atoms with E-state index in [2.05, 4.69) is 39.2 Å². The van der Waals surface area contributed by atoms with Crippen LogP contribution in [0.4, 0.5) is 17.3 Å².